The number of allylic oxidation sites excluding steroid dienone is 5. The van der Waals surface area contributed by atoms with Gasteiger partial charge in [-0.1, -0.05) is 30.9 Å². The Morgan fingerprint density at radius 2 is 1.90 bits per heavy atom. The zero-order valence-corrected chi connectivity index (χ0v) is 17.8. The molecule has 0 aromatic rings. The van der Waals surface area contributed by atoms with Crippen molar-refractivity contribution in [2.75, 3.05) is 32.9 Å². The van der Waals surface area contributed by atoms with Gasteiger partial charge in [-0.15, -0.1) is 0 Å². The highest BCUT2D eigenvalue weighted by atomic mass is 19.1. The second-order valence-electron chi connectivity index (χ2n) is 10.1. The second kappa shape index (κ2) is 7.99. The smallest absolute Gasteiger partial charge is 0.240 e. The number of hydrogen-bond donors (Lipinski definition) is 2. The van der Waals surface area contributed by atoms with Gasteiger partial charge in [0.15, 0.2) is 0 Å². The average Bonchev–Trinajstić information content (AvgIpc) is 2.68. The molecule has 5 aliphatic rings. The first-order chi connectivity index (χ1) is 13.9. The van der Waals surface area contributed by atoms with Crippen LogP contribution in [0, 0.1) is 22.2 Å². The maximum Gasteiger partial charge on any atom is 0.240 e. The van der Waals surface area contributed by atoms with Crippen LogP contribution in [0.3, 0.4) is 0 Å². The predicted molar refractivity (Wildman–Crippen MR) is 115 cm³/mol. The van der Waals surface area contributed by atoms with Gasteiger partial charge in [0.05, 0.1) is 12.1 Å². The molecule has 0 aromatic heterocycles. The van der Waals surface area contributed by atoms with E-state index in [9.17, 15) is 9.18 Å². The topological polar surface area (TPSA) is 44.4 Å². The lowest BCUT2D eigenvalue weighted by Crippen LogP contribution is -2.64. The van der Waals surface area contributed by atoms with Gasteiger partial charge < -0.3 is 5.32 Å². The summed E-state index contributed by atoms with van der Waals surface area (Å²) in [6, 6.07) is 0. The van der Waals surface area contributed by atoms with Crippen molar-refractivity contribution in [2.45, 2.75) is 51.9 Å². The molecular formula is C24H36FN3O. The van der Waals surface area contributed by atoms with E-state index in [1.165, 1.54) is 0 Å². The Balaban J connectivity index is 1.62. The molecule has 1 aliphatic heterocycles. The Bertz CT molecular complexity index is 713. The monoisotopic (exact) mass is 401 g/mol. The first kappa shape index (κ1) is 20.8. The van der Waals surface area contributed by atoms with Gasteiger partial charge in [0.1, 0.15) is 0 Å². The van der Waals surface area contributed by atoms with E-state index in [2.05, 4.69) is 34.5 Å². The van der Waals surface area contributed by atoms with Crippen molar-refractivity contribution in [3.63, 3.8) is 0 Å². The van der Waals surface area contributed by atoms with E-state index in [1.807, 2.05) is 19.1 Å². The summed E-state index contributed by atoms with van der Waals surface area (Å²) in [4.78, 5) is 13.6. The van der Waals surface area contributed by atoms with Crippen molar-refractivity contribution < 1.29 is 9.18 Å². The molecule has 4 bridgehead atoms. The third-order valence-corrected chi connectivity index (χ3v) is 7.95. The molecule has 1 heterocycles. The van der Waals surface area contributed by atoms with Crippen LogP contribution in [-0.4, -0.2) is 43.8 Å². The number of carbonyl (C=O) groups excluding carboxylic acids is 1. The van der Waals surface area contributed by atoms with E-state index >= 15 is 0 Å². The third-order valence-electron chi connectivity index (χ3n) is 7.95. The molecule has 160 valence electrons. The molecule has 2 N–H and O–H groups in total. The summed E-state index contributed by atoms with van der Waals surface area (Å²) in [7, 11) is 0. The SMILES string of the molecule is C=C(/C=C\C=C/C)[C@]12CC3CC(C(=O)NN4CCNCC4)(C[C@](CCF)(C3)C1)C2. The highest BCUT2D eigenvalue weighted by Gasteiger charge is 2.65. The molecule has 4 saturated carbocycles. The molecule has 2 unspecified atom stereocenters. The van der Waals surface area contributed by atoms with Crippen LogP contribution in [0.4, 0.5) is 4.39 Å². The number of rotatable bonds is 7. The van der Waals surface area contributed by atoms with E-state index in [0.717, 1.165) is 70.3 Å². The number of alkyl halides is 1. The Labute approximate surface area is 174 Å². The minimum atomic E-state index is -0.378. The van der Waals surface area contributed by atoms with Crippen LogP contribution in [0.2, 0.25) is 0 Å². The van der Waals surface area contributed by atoms with Crippen LogP contribution in [-0.2, 0) is 4.79 Å². The molecule has 29 heavy (non-hydrogen) atoms. The molecule has 1 saturated heterocycles. The van der Waals surface area contributed by atoms with E-state index in [0.29, 0.717) is 12.3 Å². The van der Waals surface area contributed by atoms with E-state index in [4.69, 9.17) is 0 Å². The molecule has 4 nitrogen and oxygen atoms in total. The summed E-state index contributed by atoms with van der Waals surface area (Å²) >= 11 is 0. The van der Waals surface area contributed by atoms with Crippen molar-refractivity contribution in [1.29, 1.82) is 0 Å². The lowest BCUT2D eigenvalue weighted by atomic mass is 9.37. The van der Waals surface area contributed by atoms with Gasteiger partial charge >= 0.3 is 0 Å². The number of hydrogen-bond acceptors (Lipinski definition) is 3. The Kier molecular flexibility index (Phi) is 5.73. The number of nitrogens with one attached hydrogen (secondary N) is 2. The molecule has 0 spiro atoms. The minimum absolute atomic E-state index is 0.0493. The van der Waals surface area contributed by atoms with Gasteiger partial charge in [-0.05, 0) is 74.2 Å². The molecule has 4 atom stereocenters. The van der Waals surface area contributed by atoms with Crippen LogP contribution in [0.1, 0.15) is 51.9 Å². The molecular weight excluding hydrogens is 365 g/mol. The summed E-state index contributed by atoms with van der Waals surface area (Å²) < 4.78 is 13.6. The molecule has 5 heteroatoms. The van der Waals surface area contributed by atoms with Crippen LogP contribution in [0.5, 0.6) is 0 Å². The molecule has 4 aliphatic carbocycles. The second-order valence-corrected chi connectivity index (χ2v) is 10.1. The number of carbonyl (C=O) groups is 1. The summed E-state index contributed by atoms with van der Waals surface area (Å²) in [6.45, 7) is 9.64. The van der Waals surface area contributed by atoms with Gasteiger partial charge in [0.25, 0.3) is 0 Å². The molecule has 0 aromatic carbocycles. The van der Waals surface area contributed by atoms with Crippen molar-refractivity contribution in [3.05, 3.63) is 36.5 Å². The van der Waals surface area contributed by atoms with E-state index in [1.54, 1.807) is 0 Å². The first-order valence-corrected chi connectivity index (χ1v) is 11.3. The van der Waals surface area contributed by atoms with Gasteiger partial charge in [0.2, 0.25) is 5.91 Å². The number of hydrazine groups is 1. The zero-order chi connectivity index (χ0) is 20.5. The van der Waals surface area contributed by atoms with Crippen molar-refractivity contribution in [2.24, 2.45) is 22.2 Å². The first-order valence-electron chi connectivity index (χ1n) is 11.3. The van der Waals surface area contributed by atoms with Crippen molar-refractivity contribution in [3.8, 4) is 0 Å². The van der Waals surface area contributed by atoms with Gasteiger partial charge in [-0.2, -0.15) is 0 Å². The Morgan fingerprint density at radius 3 is 2.62 bits per heavy atom. The zero-order valence-electron chi connectivity index (χ0n) is 17.8. The number of nitrogens with zero attached hydrogens (tertiary/aromatic N) is 1. The maximum atomic E-state index is 13.6. The summed E-state index contributed by atoms with van der Waals surface area (Å²) in [5, 5.41) is 5.39. The van der Waals surface area contributed by atoms with Crippen LogP contribution in [0.25, 0.3) is 0 Å². The summed E-state index contributed by atoms with van der Waals surface area (Å²) in [5.41, 5.74) is 3.88. The fourth-order valence-electron chi connectivity index (χ4n) is 7.23. The van der Waals surface area contributed by atoms with E-state index in [-0.39, 0.29) is 28.8 Å². The molecule has 0 radical (unpaired) electrons. The van der Waals surface area contributed by atoms with Crippen molar-refractivity contribution in [1.82, 2.24) is 15.8 Å². The fraction of sp³-hybridized carbons (Fsp3) is 0.708. The third kappa shape index (κ3) is 3.84. The number of halogens is 1. The van der Waals surface area contributed by atoms with Crippen LogP contribution < -0.4 is 10.7 Å². The minimum Gasteiger partial charge on any atom is -0.314 e. The molecule has 5 rings (SSSR count). The predicted octanol–water partition coefficient (Wildman–Crippen LogP) is 3.93. The highest BCUT2D eigenvalue weighted by Crippen LogP contribution is 2.72. The lowest BCUT2D eigenvalue weighted by Gasteiger charge is -2.66. The fourth-order valence-corrected chi connectivity index (χ4v) is 7.23. The summed E-state index contributed by atoms with van der Waals surface area (Å²) in [5.74, 6) is 0.666. The molecule has 5 fully saturated rings. The summed E-state index contributed by atoms with van der Waals surface area (Å²) in [6.07, 6.45) is 14.6. The normalized spacial score (nSPS) is 39.4. The number of amides is 1. The Morgan fingerprint density at radius 1 is 1.17 bits per heavy atom. The standard InChI is InChI=1S/C24H36FN3O/c1-3-4-5-6-19(2)23-14-20-13-22(16-23,7-8-25)17-24(15-20,18-23)21(29)27-28-11-9-26-10-12-28/h3-6,20,26H,2,7-18H2,1H3,(H,27,29)/b4-3-,6-5-/t20?,22-,23-,24?/m1/s1. The Hall–Kier alpha value is -1.46. The quantitative estimate of drug-likeness (QED) is 0.636. The molecule has 1 amide bonds. The number of piperazine rings is 1. The van der Waals surface area contributed by atoms with Crippen molar-refractivity contribution >= 4 is 5.91 Å². The van der Waals surface area contributed by atoms with Crippen LogP contribution in [0.15, 0.2) is 36.5 Å². The highest BCUT2D eigenvalue weighted by molar-refractivity contribution is 5.83. The average molecular weight is 402 g/mol. The van der Waals surface area contributed by atoms with Gasteiger partial charge in [0, 0.05) is 26.2 Å². The maximum absolute atomic E-state index is 13.6. The van der Waals surface area contributed by atoms with E-state index < -0.39 is 0 Å². The van der Waals surface area contributed by atoms with Gasteiger partial charge in [-0.25, -0.2) is 5.01 Å². The van der Waals surface area contributed by atoms with Crippen LogP contribution >= 0.6 is 0 Å². The largest absolute Gasteiger partial charge is 0.314 e. The lowest BCUT2D eigenvalue weighted by molar-refractivity contribution is -0.175. The van der Waals surface area contributed by atoms with Gasteiger partial charge in [-0.3, -0.25) is 14.6 Å².